The first-order valence-corrected chi connectivity index (χ1v) is 14.9. The van der Waals surface area contributed by atoms with Gasteiger partial charge in [-0.1, -0.05) is 140 Å². The molecule has 1 unspecified atom stereocenters. The normalized spacial score (nSPS) is 22.4. The molecule has 176 valence electrons. The van der Waals surface area contributed by atoms with E-state index >= 15 is 0 Å². The van der Waals surface area contributed by atoms with Gasteiger partial charge in [0.25, 0.3) is 0 Å². The van der Waals surface area contributed by atoms with E-state index in [2.05, 4.69) is 125 Å². The molecule has 1 N–H and O–H groups in total. The van der Waals surface area contributed by atoms with E-state index in [-0.39, 0.29) is 15.9 Å². The van der Waals surface area contributed by atoms with E-state index in [0.29, 0.717) is 6.04 Å². The fourth-order valence-corrected chi connectivity index (χ4v) is 12.1. The molecule has 1 fully saturated rings. The molecule has 2 aliphatic rings. The summed E-state index contributed by atoms with van der Waals surface area (Å²) in [5, 5.41) is 2.91. The van der Waals surface area contributed by atoms with Crippen LogP contribution in [0.3, 0.4) is 0 Å². The van der Waals surface area contributed by atoms with E-state index in [1.54, 1.807) is 0 Å². The van der Waals surface area contributed by atoms with E-state index < -0.39 is 8.24 Å². The lowest BCUT2D eigenvalue weighted by Crippen LogP contribution is -2.78. The topological polar surface area (TPSA) is 12.0 Å². The molecule has 0 radical (unpaired) electrons. The van der Waals surface area contributed by atoms with Gasteiger partial charge in [-0.3, -0.25) is 0 Å². The second-order valence-electron chi connectivity index (χ2n) is 12.3. The Morgan fingerprint density at radius 3 is 1.70 bits per heavy atom. The second kappa shape index (κ2) is 9.04. The second-order valence-corrected chi connectivity index (χ2v) is 16.0. The van der Waals surface area contributed by atoms with Gasteiger partial charge >= 0.3 is 0 Å². The number of allylic oxidation sites excluding steroid dienone is 4. The minimum absolute atomic E-state index is 0.0517. The van der Waals surface area contributed by atoms with Crippen LogP contribution in [0.5, 0.6) is 0 Å². The Bertz CT molecular complexity index is 945. The smallest absolute Gasteiger partial charge is 0.204 e. The maximum Gasteiger partial charge on any atom is 0.204 e. The molecule has 0 saturated heterocycles. The lowest BCUT2D eigenvalue weighted by molar-refractivity contribution is 0.338. The number of hydrogen-bond acceptors (Lipinski definition) is 1. The van der Waals surface area contributed by atoms with Gasteiger partial charge in [0, 0.05) is 11.1 Å². The van der Waals surface area contributed by atoms with Crippen LogP contribution in [0.1, 0.15) is 73.6 Å². The number of nitrogens with one attached hydrogen (secondary N) is 1. The highest BCUT2D eigenvalue weighted by atomic mass is 28.3. The molecule has 0 aromatic heterocycles. The van der Waals surface area contributed by atoms with Gasteiger partial charge in [0.1, 0.15) is 0 Å². The Morgan fingerprint density at radius 1 is 0.758 bits per heavy atom. The van der Waals surface area contributed by atoms with Crippen molar-refractivity contribution in [2.45, 2.75) is 84.7 Å². The average molecular weight is 458 g/mol. The summed E-state index contributed by atoms with van der Waals surface area (Å²) in [6, 6.07) is 23.5. The Kier molecular flexibility index (Phi) is 6.64. The first-order valence-electron chi connectivity index (χ1n) is 12.9. The zero-order chi connectivity index (χ0) is 23.7. The third kappa shape index (κ3) is 4.33. The quantitative estimate of drug-likeness (QED) is 0.477. The molecule has 0 aliphatic heterocycles. The van der Waals surface area contributed by atoms with Crippen molar-refractivity contribution in [1.29, 1.82) is 0 Å². The number of rotatable bonds is 5. The summed E-state index contributed by atoms with van der Waals surface area (Å²) in [7, 11) is -2.52. The summed E-state index contributed by atoms with van der Waals surface area (Å²) in [4.78, 5) is 4.51. The van der Waals surface area contributed by atoms with Gasteiger partial charge in [0.15, 0.2) is 0 Å². The van der Waals surface area contributed by atoms with Crippen LogP contribution in [-0.2, 0) is 0 Å². The molecular weight excluding hydrogens is 414 g/mol. The highest BCUT2D eigenvalue weighted by Crippen LogP contribution is 2.59. The van der Waals surface area contributed by atoms with Crippen molar-refractivity contribution in [3.8, 4) is 0 Å². The fraction of sp³-hybridized carbons (Fsp3) is 0.484. The van der Waals surface area contributed by atoms with Crippen LogP contribution < -0.4 is 15.4 Å². The van der Waals surface area contributed by atoms with Gasteiger partial charge in [0.2, 0.25) is 8.24 Å². The van der Waals surface area contributed by atoms with E-state index in [9.17, 15) is 0 Å². The standard InChI is InChI=1S/C31H43NSi/c1-29(2,3)25-22-23-31(24-25,30(4,5)6)33(27-18-12-8-13-19-27,28-20-14-9-15-21-28)32-26-16-10-7-11-17-26/h8-9,12-15,18-24,26,32H,7,10-11,16-17H2,1-6H3. The molecule has 2 aliphatic carbocycles. The lowest BCUT2D eigenvalue weighted by Gasteiger charge is -2.55. The van der Waals surface area contributed by atoms with Crippen LogP contribution in [0.4, 0.5) is 0 Å². The zero-order valence-electron chi connectivity index (χ0n) is 21.6. The number of hydrogen-bond donors (Lipinski definition) is 1. The lowest BCUT2D eigenvalue weighted by atomic mass is 9.79. The summed E-state index contributed by atoms with van der Waals surface area (Å²) in [5.41, 5.74) is 1.64. The summed E-state index contributed by atoms with van der Waals surface area (Å²) >= 11 is 0. The third-order valence-corrected chi connectivity index (χ3v) is 13.6. The predicted octanol–water partition coefficient (Wildman–Crippen LogP) is 7.00. The molecule has 2 aromatic carbocycles. The minimum Gasteiger partial charge on any atom is -0.327 e. The Morgan fingerprint density at radius 2 is 1.27 bits per heavy atom. The molecule has 0 heterocycles. The molecule has 1 saturated carbocycles. The highest BCUT2D eigenvalue weighted by molar-refractivity contribution is 7.03. The average Bonchev–Trinajstić information content (AvgIpc) is 3.27. The van der Waals surface area contributed by atoms with Gasteiger partial charge in [-0.25, -0.2) is 0 Å². The van der Waals surface area contributed by atoms with Crippen molar-refractivity contribution in [1.82, 2.24) is 4.98 Å². The molecule has 33 heavy (non-hydrogen) atoms. The molecule has 1 atom stereocenters. The molecular formula is C31H43NSi. The van der Waals surface area contributed by atoms with Crippen LogP contribution in [0.25, 0.3) is 0 Å². The highest BCUT2D eigenvalue weighted by Gasteiger charge is 2.61. The molecule has 4 rings (SSSR count). The van der Waals surface area contributed by atoms with Crippen molar-refractivity contribution in [3.05, 3.63) is 84.5 Å². The van der Waals surface area contributed by atoms with Crippen molar-refractivity contribution in [2.24, 2.45) is 10.8 Å². The maximum absolute atomic E-state index is 4.51. The largest absolute Gasteiger partial charge is 0.327 e. The summed E-state index contributed by atoms with van der Waals surface area (Å²) < 4.78 is 0. The first-order chi connectivity index (χ1) is 15.6. The Balaban J connectivity index is 2.06. The van der Waals surface area contributed by atoms with E-state index in [1.165, 1.54) is 48.1 Å². The maximum atomic E-state index is 4.51. The molecule has 2 heteroatoms. The Labute approximate surface area is 203 Å². The van der Waals surface area contributed by atoms with Gasteiger partial charge in [-0.2, -0.15) is 0 Å². The summed E-state index contributed by atoms with van der Waals surface area (Å²) in [5.74, 6) is 0. The van der Waals surface area contributed by atoms with Crippen LogP contribution in [0.15, 0.2) is 84.5 Å². The molecule has 0 amide bonds. The molecule has 0 bridgehead atoms. The SMILES string of the molecule is CC(C)(C)C1=CC(C(C)(C)C)([Si](NC2CCCCC2)(c2ccccc2)c2ccccc2)C=C1. The van der Waals surface area contributed by atoms with E-state index in [1.807, 2.05) is 0 Å². The number of benzene rings is 2. The van der Waals surface area contributed by atoms with Crippen molar-refractivity contribution < 1.29 is 0 Å². The molecule has 2 aromatic rings. The van der Waals surface area contributed by atoms with Gasteiger partial charge < -0.3 is 4.98 Å². The predicted molar refractivity (Wildman–Crippen MR) is 147 cm³/mol. The summed E-state index contributed by atoms with van der Waals surface area (Å²) in [6.45, 7) is 14.4. The Hall–Kier alpha value is -1.90. The van der Waals surface area contributed by atoms with Gasteiger partial charge in [-0.15, -0.1) is 0 Å². The van der Waals surface area contributed by atoms with Crippen LogP contribution in [0.2, 0.25) is 5.04 Å². The van der Waals surface area contributed by atoms with Gasteiger partial charge in [-0.05, 0) is 39.6 Å². The monoisotopic (exact) mass is 457 g/mol. The summed E-state index contributed by atoms with van der Waals surface area (Å²) in [6.07, 6.45) is 14.3. The molecule has 1 nitrogen and oxygen atoms in total. The van der Waals surface area contributed by atoms with Crippen LogP contribution >= 0.6 is 0 Å². The fourth-order valence-electron chi connectivity index (χ4n) is 6.15. The van der Waals surface area contributed by atoms with Crippen molar-refractivity contribution >= 4 is 18.6 Å². The van der Waals surface area contributed by atoms with E-state index in [0.717, 1.165) is 0 Å². The van der Waals surface area contributed by atoms with Gasteiger partial charge in [0.05, 0.1) is 0 Å². The van der Waals surface area contributed by atoms with Crippen molar-refractivity contribution in [2.75, 3.05) is 0 Å². The third-order valence-electron chi connectivity index (χ3n) is 8.08. The first kappa shape index (κ1) is 24.2. The van der Waals surface area contributed by atoms with Crippen LogP contribution in [-0.4, -0.2) is 14.3 Å². The molecule has 0 spiro atoms. The van der Waals surface area contributed by atoms with Crippen molar-refractivity contribution in [3.63, 3.8) is 0 Å². The zero-order valence-corrected chi connectivity index (χ0v) is 22.6. The van der Waals surface area contributed by atoms with E-state index in [4.69, 9.17) is 0 Å². The minimum atomic E-state index is -2.52. The van der Waals surface area contributed by atoms with Crippen LogP contribution in [0, 0.1) is 10.8 Å².